The standard InChI is InChI=1S/C14H15BrN4/c15-13-3-1-11(2-4-13)12-9-17-14(18-10-12)19-7-5-16-6-8-19/h1-4,9-10,16H,5-8H2. The maximum Gasteiger partial charge on any atom is 0.225 e. The molecular weight excluding hydrogens is 304 g/mol. The molecule has 0 saturated carbocycles. The molecular formula is C14H15BrN4. The van der Waals surface area contributed by atoms with Gasteiger partial charge in [-0.1, -0.05) is 28.1 Å². The van der Waals surface area contributed by atoms with Crippen LogP contribution in [0.3, 0.4) is 0 Å². The van der Waals surface area contributed by atoms with Gasteiger partial charge < -0.3 is 10.2 Å². The maximum atomic E-state index is 4.48. The number of nitrogens with one attached hydrogen (secondary N) is 1. The van der Waals surface area contributed by atoms with E-state index < -0.39 is 0 Å². The second-order valence-electron chi connectivity index (χ2n) is 4.52. The molecule has 0 bridgehead atoms. The molecule has 2 heterocycles. The maximum absolute atomic E-state index is 4.48. The van der Waals surface area contributed by atoms with Crippen LogP contribution in [0.2, 0.25) is 0 Å². The Morgan fingerprint density at radius 3 is 2.21 bits per heavy atom. The number of halogens is 1. The van der Waals surface area contributed by atoms with Crippen LogP contribution < -0.4 is 10.2 Å². The van der Waals surface area contributed by atoms with Gasteiger partial charge in [0.2, 0.25) is 5.95 Å². The minimum atomic E-state index is 0.822. The summed E-state index contributed by atoms with van der Waals surface area (Å²) < 4.78 is 1.08. The molecule has 4 nitrogen and oxygen atoms in total. The first-order valence-corrected chi connectivity index (χ1v) is 7.16. The molecule has 0 aliphatic carbocycles. The zero-order chi connectivity index (χ0) is 13.1. The van der Waals surface area contributed by atoms with Gasteiger partial charge in [-0.15, -0.1) is 0 Å². The lowest BCUT2D eigenvalue weighted by molar-refractivity contribution is 0.580. The smallest absolute Gasteiger partial charge is 0.225 e. The van der Waals surface area contributed by atoms with Gasteiger partial charge in [-0.25, -0.2) is 9.97 Å². The summed E-state index contributed by atoms with van der Waals surface area (Å²) in [6.45, 7) is 3.94. The number of aromatic nitrogens is 2. The molecule has 1 fully saturated rings. The quantitative estimate of drug-likeness (QED) is 0.922. The third-order valence-corrected chi connectivity index (χ3v) is 3.74. The monoisotopic (exact) mass is 318 g/mol. The summed E-state index contributed by atoms with van der Waals surface area (Å²) in [4.78, 5) is 11.2. The highest BCUT2D eigenvalue weighted by atomic mass is 79.9. The van der Waals surface area contributed by atoms with Crippen LogP contribution in [0.5, 0.6) is 0 Å². The molecule has 19 heavy (non-hydrogen) atoms. The molecule has 1 aromatic heterocycles. The number of anilines is 1. The van der Waals surface area contributed by atoms with E-state index in [9.17, 15) is 0 Å². The number of benzene rings is 1. The van der Waals surface area contributed by atoms with Crippen molar-refractivity contribution < 1.29 is 0 Å². The third-order valence-electron chi connectivity index (χ3n) is 3.22. The van der Waals surface area contributed by atoms with E-state index >= 15 is 0 Å². The summed E-state index contributed by atoms with van der Waals surface area (Å²) in [5.74, 6) is 0.822. The lowest BCUT2D eigenvalue weighted by Crippen LogP contribution is -2.44. The predicted molar refractivity (Wildman–Crippen MR) is 80.3 cm³/mol. The van der Waals surface area contributed by atoms with E-state index in [-0.39, 0.29) is 0 Å². The van der Waals surface area contributed by atoms with Crippen molar-refractivity contribution in [3.8, 4) is 11.1 Å². The minimum absolute atomic E-state index is 0.822. The molecule has 0 atom stereocenters. The highest BCUT2D eigenvalue weighted by Crippen LogP contribution is 2.21. The van der Waals surface area contributed by atoms with E-state index in [0.29, 0.717) is 0 Å². The van der Waals surface area contributed by atoms with Gasteiger partial charge in [0.15, 0.2) is 0 Å². The first kappa shape index (κ1) is 12.6. The number of hydrogen-bond donors (Lipinski definition) is 1. The molecule has 98 valence electrons. The van der Waals surface area contributed by atoms with Gasteiger partial charge in [0.1, 0.15) is 0 Å². The summed E-state index contributed by atoms with van der Waals surface area (Å²) >= 11 is 3.44. The number of nitrogens with zero attached hydrogens (tertiary/aromatic N) is 3. The molecule has 0 amide bonds. The van der Waals surface area contributed by atoms with Crippen LogP contribution >= 0.6 is 15.9 Å². The normalized spacial score (nSPS) is 15.5. The van der Waals surface area contributed by atoms with Gasteiger partial charge >= 0.3 is 0 Å². The van der Waals surface area contributed by atoms with Crippen molar-refractivity contribution in [1.82, 2.24) is 15.3 Å². The Labute approximate surface area is 121 Å². The molecule has 0 unspecified atom stereocenters. The third kappa shape index (κ3) is 2.93. The molecule has 1 aliphatic heterocycles. The second kappa shape index (κ2) is 5.67. The van der Waals surface area contributed by atoms with Crippen molar-refractivity contribution in [1.29, 1.82) is 0 Å². The Balaban J connectivity index is 1.80. The van der Waals surface area contributed by atoms with Crippen LogP contribution in [-0.4, -0.2) is 36.1 Å². The molecule has 2 aromatic rings. The molecule has 5 heteroatoms. The van der Waals surface area contributed by atoms with E-state index in [2.05, 4.69) is 48.2 Å². The highest BCUT2D eigenvalue weighted by molar-refractivity contribution is 9.10. The molecule has 1 saturated heterocycles. The zero-order valence-corrected chi connectivity index (χ0v) is 12.1. The largest absolute Gasteiger partial charge is 0.338 e. The average molecular weight is 319 g/mol. The molecule has 1 N–H and O–H groups in total. The Morgan fingerprint density at radius 1 is 0.947 bits per heavy atom. The lowest BCUT2D eigenvalue weighted by Gasteiger charge is -2.27. The van der Waals surface area contributed by atoms with Crippen LogP contribution in [-0.2, 0) is 0 Å². The van der Waals surface area contributed by atoms with Gasteiger partial charge in [-0.3, -0.25) is 0 Å². The Kier molecular flexibility index (Phi) is 3.75. The molecule has 0 radical (unpaired) electrons. The van der Waals surface area contributed by atoms with Crippen molar-refractivity contribution in [3.05, 3.63) is 41.1 Å². The van der Waals surface area contributed by atoms with Crippen molar-refractivity contribution in [2.24, 2.45) is 0 Å². The molecule has 1 aliphatic rings. The first-order valence-electron chi connectivity index (χ1n) is 6.36. The summed E-state index contributed by atoms with van der Waals surface area (Å²) in [5, 5.41) is 3.33. The van der Waals surface area contributed by atoms with Crippen molar-refractivity contribution >= 4 is 21.9 Å². The van der Waals surface area contributed by atoms with Gasteiger partial charge in [0.25, 0.3) is 0 Å². The van der Waals surface area contributed by atoms with Crippen LogP contribution in [0.15, 0.2) is 41.1 Å². The number of piperazine rings is 1. The Morgan fingerprint density at radius 2 is 1.58 bits per heavy atom. The van der Waals surface area contributed by atoms with Crippen LogP contribution in [0.25, 0.3) is 11.1 Å². The second-order valence-corrected chi connectivity index (χ2v) is 5.43. The average Bonchev–Trinajstić information content (AvgIpc) is 2.49. The summed E-state index contributed by atoms with van der Waals surface area (Å²) in [7, 11) is 0. The Hall–Kier alpha value is -1.46. The highest BCUT2D eigenvalue weighted by Gasteiger charge is 2.12. The number of rotatable bonds is 2. The fourth-order valence-electron chi connectivity index (χ4n) is 2.14. The van der Waals surface area contributed by atoms with Crippen molar-refractivity contribution in [2.45, 2.75) is 0 Å². The lowest BCUT2D eigenvalue weighted by atomic mass is 10.1. The molecule has 3 rings (SSSR count). The van der Waals surface area contributed by atoms with Gasteiger partial charge in [-0.2, -0.15) is 0 Å². The van der Waals surface area contributed by atoms with Crippen LogP contribution in [0, 0.1) is 0 Å². The van der Waals surface area contributed by atoms with E-state index in [1.807, 2.05) is 24.5 Å². The van der Waals surface area contributed by atoms with E-state index in [1.54, 1.807) is 0 Å². The fourth-order valence-corrected chi connectivity index (χ4v) is 2.41. The van der Waals surface area contributed by atoms with Crippen LogP contribution in [0.4, 0.5) is 5.95 Å². The van der Waals surface area contributed by atoms with Crippen molar-refractivity contribution in [3.63, 3.8) is 0 Å². The summed E-state index contributed by atoms with van der Waals surface area (Å²) in [6.07, 6.45) is 3.79. The van der Waals surface area contributed by atoms with E-state index in [1.165, 1.54) is 0 Å². The zero-order valence-electron chi connectivity index (χ0n) is 10.5. The molecule has 0 spiro atoms. The van der Waals surface area contributed by atoms with Crippen molar-refractivity contribution in [2.75, 3.05) is 31.1 Å². The first-order chi connectivity index (χ1) is 9.33. The topological polar surface area (TPSA) is 41.1 Å². The van der Waals surface area contributed by atoms with E-state index in [0.717, 1.165) is 47.7 Å². The summed E-state index contributed by atoms with van der Waals surface area (Å²) in [6, 6.07) is 8.18. The number of hydrogen-bond acceptors (Lipinski definition) is 4. The fraction of sp³-hybridized carbons (Fsp3) is 0.286. The molecule has 1 aromatic carbocycles. The Bertz CT molecular complexity index is 532. The van der Waals surface area contributed by atoms with Gasteiger partial charge in [0, 0.05) is 48.6 Å². The van der Waals surface area contributed by atoms with E-state index in [4.69, 9.17) is 0 Å². The minimum Gasteiger partial charge on any atom is -0.338 e. The predicted octanol–water partition coefficient (Wildman–Crippen LogP) is 2.32. The summed E-state index contributed by atoms with van der Waals surface area (Å²) in [5.41, 5.74) is 2.18. The SMILES string of the molecule is Brc1ccc(-c2cnc(N3CCNCC3)nc2)cc1. The van der Waals surface area contributed by atoms with Crippen LogP contribution in [0.1, 0.15) is 0 Å². The van der Waals surface area contributed by atoms with Gasteiger partial charge in [-0.05, 0) is 17.7 Å². The van der Waals surface area contributed by atoms with Gasteiger partial charge in [0.05, 0.1) is 0 Å².